The third-order valence-corrected chi connectivity index (χ3v) is 5.78. The highest BCUT2D eigenvalue weighted by molar-refractivity contribution is 7.54. The van der Waals surface area contributed by atoms with Crippen molar-refractivity contribution in [2.45, 2.75) is 72.4 Å². The highest BCUT2D eigenvalue weighted by Gasteiger charge is 2.49. The van der Waals surface area contributed by atoms with Gasteiger partial charge in [-0.15, -0.1) is 0 Å². The zero-order chi connectivity index (χ0) is 17.6. The van der Waals surface area contributed by atoms with Gasteiger partial charge in [-0.1, -0.05) is 13.3 Å². The number of ether oxygens (including phenoxy) is 1. The minimum Gasteiger partial charge on any atom is -0.461 e. The van der Waals surface area contributed by atoms with Gasteiger partial charge in [-0.05, 0) is 41.0 Å². The average molecular weight is 348 g/mol. The lowest BCUT2D eigenvalue weighted by Crippen LogP contribution is -2.35. The van der Waals surface area contributed by atoms with Crippen LogP contribution in [0.25, 0.3) is 0 Å². The van der Waals surface area contributed by atoms with Gasteiger partial charge in [-0.3, -0.25) is 9.99 Å². The molecule has 0 radical (unpaired) electrons. The molecule has 0 spiro atoms. The highest BCUT2D eigenvalue weighted by atomic mass is 31.2. The lowest BCUT2D eigenvalue weighted by Gasteiger charge is -2.30. The first kappa shape index (κ1) is 20.1. The Kier molecular flexibility index (Phi) is 7.71. The minimum atomic E-state index is -3.49. The maximum Gasteiger partial charge on any atom is 0.355 e. The standard InChI is InChI=1S/C15H29N2O5P/c1-7-9-12-13(15(18)20-8-2)16-17-14(12)23(19,21-10(3)4)22-11(5)6/h10-12,14,17H,7-9H2,1-6H3/t12-,14+/m1/s1. The van der Waals surface area contributed by atoms with Crippen molar-refractivity contribution < 1.29 is 23.1 Å². The number of hydrogen-bond donors (Lipinski definition) is 1. The van der Waals surface area contributed by atoms with Crippen molar-refractivity contribution >= 4 is 19.3 Å². The van der Waals surface area contributed by atoms with E-state index in [1.54, 1.807) is 34.6 Å². The van der Waals surface area contributed by atoms with Crippen LogP contribution in [0.4, 0.5) is 0 Å². The molecule has 1 N–H and O–H groups in total. The SMILES string of the molecule is CCC[C@@H]1C(C(=O)OCC)=NN[C@H]1P(=O)(OC(C)C)OC(C)C. The fourth-order valence-corrected chi connectivity index (χ4v) is 4.92. The van der Waals surface area contributed by atoms with Gasteiger partial charge < -0.3 is 13.8 Å². The van der Waals surface area contributed by atoms with Gasteiger partial charge in [0.15, 0.2) is 11.5 Å². The highest BCUT2D eigenvalue weighted by Crippen LogP contribution is 2.58. The molecule has 1 aliphatic heterocycles. The summed E-state index contributed by atoms with van der Waals surface area (Å²) < 4.78 is 29.6. The van der Waals surface area contributed by atoms with Crippen LogP contribution in [0.5, 0.6) is 0 Å². The maximum atomic E-state index is 13.3. The van der Waals surface area contributed by atoms with E-state index in [2.05, 4.69) is 10.5 Å². The number of carbonyl (C=O) groups excluding carboxylic acids is 1. The number of hydrazone groups is 1. The number of hydrogen-bond acceptors (Lipinski definition) is 7. The van der Waals surface area contributed by atoms with E-state index in [9.17, 15) is 9.36 Å². The van der Waals surface area contributed by atoms with Crippen LogP contribution in [-0.4, -0.2) is 36.3 Å². The van der Waals surface area contributed by atoms with E-state index in [0.29, 0.717) is 6.42 Å². The molecular formula is C15H29N2O5P. The van der Waals surface area contributed by atoms with Crippen molar-refractivity contribution in [2.24, 2.45) is 11.0 Å². The van der Waals surface area contributed by atoms with Crippen LogP contribution in [0.1, 0.15) is 54.4 Å². The van der Waals surface area contributed by atoms with Crippen molar-refractivity contribution in [2.75, 3.05) is 6.61 Å². The Morgan fingerprint density at radius 3 is 2.22 bits per heavy atom. The van der Waals surface area contributed by atoms with Gasteiger partial charge in [-0.2, -0.15) is 5.10 Å². The number of nitrogens with one attached hydrogen (secondary N) is 1. The summed E-state index contributed by atoms with van der Waals surface area (Å²) in [4.78, 5) is 12.1. The monoisotopic (exact) mass is 348 g/mol. The summed E-state index contributed by atoms with van der Waals surface area (Å²) in [5, 5.41) is 4.08. The predicted molar refractivity (Wildman–Crippen MR) is 89.4 cm³/mol. The lowest BCUT2D eigenvalue weighted by atomic mass is 9.99. The fraction of sp³-hybridized carbons (Fsp3) is 0.867. The van der Waals surface area contributed by atoms with Gasteiger partial charge in [0.05, 0.1) is 18.8 Å². The van der Waals surface area contributed by atoms with Gasteiger partial charge in [0.25, 0.3) is 0 Å². The number of esters is 1. The third kappa shape index (κ3) is 5.30. The maximum absolute atomic E-state index is 13.3. The van der Waals surface area contributed by atoms with Crippen molar-refractivity contribution in [3.63, 3.8) is 0 Å². The van der Waals surface area contributed by atoms with Gasteiger partial charge in [0.1, 0.15) is 0 Å². The molecule has 0 aliphatic carbocycles. The molecule has 8 heteroatoms. The molecule has 0 unspecified atom stereocenters. The molecule has 0 aromatic rings. The molecule has 0 aromatic heterocycles. The van der Waals surface area contributed by atoms with E-state index >= 15 is 0 Å². The van der Waals surface area contributed by atoms with Crippen molar-refractivity contribution in [3.05, 3.63) is 0 Å². The predicted octanol–water partition coefficient (Wildman–Crippen LogP) is 3.29. The van der Waals surface area contributed by atoms with Crippen molar-refractivity contribution in [1.82, 2.24) is 5.43 Å². The summed E-state index contributed by atoms with van der Waals surface area (Å²) in [6, 6.07) is 0. The van der Waals surface area contributed by atoms with Crippen LogP contribution in [0.2, 0.25) is 0 Å². The topological polar surface area (TPSA) is 86.2 Å². The Morgan fingerprint density at radius 2 is 1.78 bits per heavy atom. The molecule has 1 aliphatic rings. The number of nitrogens with zero attached hydrogens (tertiary/aromatic N) is 1. The van der Waals surface area contributed by atoms with E-state index in [0.717, 1.165) is 6.42 Å². The molecule has 0 amide bonds. The summed E-state index contributed by atoms with van der Waals surface area (Å²) in [6.45, 7) is 11.2. The Balaban J connectivity index is 3.07. The second-order valence-electron chi connectivity index (χ2n) is 6.03. The Bertz CT molecular complexity index is 464. The van der Waals surface area contributed by atoms with Gasteiger partial charge in [0, 0.05) is 5.92 Å². The van der Waals surface area contributed by atoms with Gasteiger partial charge >= 0.3 is 13.6 Å². The number of rotatable bonds is 9. The summed E-state index contributed by atoms with van der Waals surface area (Å²) in [5.74, 6) is -1.52. The van der Waals surface area contributed by atoms with Gasteiger partial charge in [0.2, 0.25) is 0 Å². The van der Waals surface area contributed by atoms with Crippen molar-refractivity contribution in [1.29, 1.82) is 0 Å². The third-order valence-electron chi connectivity index (χ3n) is 3.19. The fourth-order valence-electron chi connectivity index (χ4n) is 2.50. The van der Waals surface area contributed by atoms with Crippen LogP contribution in [0.3, 0.4) is 0 Å². The first-order chi connectivity index (χ1) is 10.7. The smallest absolute Gasteiger partial charge is 0.355 e. The second kappa shape index (κ2) is 8.81. The van der Waals surface area contributed by atoms with E-state index in [4.69, 9.17) is 13.8 Å². The largest absolute Gasteiger partial charge is 0.461 e. The van der Waals surface area contributed by atoms with Crippen LogP contribution >= 0.6 is 7.60 Å². The molecule has 23 heavy (non-hydrogen) atoms. The molecule has 0 saturated heterocycles. The second-order valence-corrected chi connectivity index (χ2v) is 8.09. The summed E-state index contributed by atoms with van der Waals surface area (Å²) in [7, 11) is -3.49. The summed E-state index contributed by atoms with van der Waals surface area (Å²) in [6.07, 6.45) is 0.915. The molecule has 0 fully saturated rings. The van der Waals surface area contributed by atoms with E-state index in [1.165, 1.54) is 0 Å². The van der Waals surface area contributed by atoms with Crippen molar-refractivity contribution in [3.8, 4) is 0 Å². The lowest BCUT2D eigenvalue weighted by molar-refractivity contribution is -0.135. The molecule has 0 saturated carbocycles. The molecule has 2 atom stereocenters. The van der Waals surface area contributed by atoms with Gasteiger partial charge in [-0.25, -0.2) is 4.79 Å². The first-order valence-electron chi connectivity index (χ1n) is 8.21. The molecule has 0 aromatic carbocycles. The molecule has 0 bridgehead atoms. The zero-order valence-corrected chi connectivity index (χ0v) is 15.8. The Hall–Kier alpha value is -0.910. The molecule has 1 rings (SSSR count). The van der Waals surface area contributed by atoms with E-state index in [1.807, 2.05) is 6.92 Å². The van der Waals surface area contributed by atoms with E-state index in [-0.39, 0.29) is 30.4 Å². The number of carbonyl (C=O) groups is 1. The van der Waals surface area contributed by atoms with Crippen LogP contribution < -0.4 is 5.43 Å². The quantitative estimate of drug-likeness (QED) is 0.508. The van der Waals surface area contributed by atoms with E-state index < -0.39 is 19.3 Å². The Labute approximate surface area is 138 Å². The average Bonchev–Trinajstić information content (AvgIpc) is 2.82. The minimum absolute atomic E-state index is 0.263. The van der Waals surface area contributed by atoms with Crippen LogP contribution in [-0.2, 0) is 23.1 Å². The summed E-state index contributed by atoms with van der Waals surface area (Å²) in [5.41, 5.74) is 3.07. The summed E-state index contributed by atoms with van der Waals surface area (Å²) >= 11 is 0. The van der Waals surface area contributed by atoms with Crippen LogP contribution in [0, 0.1) is 5.92 Å². The molecule has 134 valence electrons. The normalized spacial score (nSPS) is 21.5. The Morgan fingerprint density at radius 1 is 1.22 bits per heavy atom. The molecule has 7 nitrogen and oxygen atoms in total. The zero-order valence-electron chi connectivity index (χ0n) is 14.9. The first-order valence-corrected chi connectivity index (χ1v) is 9.83. The molecular weight excluding hydrogens is 319 g/mol. The molecule has 1 heterocycles. The van der Waals surface area contributed by atoms with Crippen LogP contribution in [0.15, 0.2) is 5.10 Å².